The SMILES string of the molecule is [B]N1C[C@H](N(C(=O)c2ccc(OC)c(OCCCOC)c2)C(C)C)CC[C@@H]1CCN(C(=O)Cc1cccc(C(=O)OCCCC)c1)C1CC1. The first-order chi connectivity index (χ1) is 23.7. The zero-order valence-electron chi connectivity index (χ0n) is 30.0. The molecule has 0 bridgehead atoms. The van der Waals surface area contributed by atoms with Crippen LogP contribution in [0.3, 0.4) is 0 Å². The molecular weight excluding hydrogens is 621 g/mol. The van der Waals surface area contributed by atoms with Gasteiger partial charge in [-0.15, -0.1) is 0 Å². The number of carbonyl (C=O) groups excluding carboxylic acids is 3. The second-order valence-electron chi connectivity index (χ2n) is 13.4. The van der Waals surface area contributed by atoms with Crippen molar-refractivity contribution in [2.24, 2.45) is 0 Å². The van der Waals surface area contributed by atoms with Crippen LogP contribution in [0.5, 0.6) is 11.5 Å². The second-order valence-corrected chi connectivity index (χ2v) is 13.4. The molecule has 1 saturated carbocycles. The number of piperidine rings is 1. The van der Waals surface area contributed by atoms with Gasteiger partial charge in [-0.2, -0.15) is 0 Å². The van der Waals surface area contributed by atoms with Crippen LogP contribution in [0.2, 0.25) is 0 Å². The lowest BCUT2D eigenvalue weighted by molar-refractivity contribution is -0.131. The summed E-state index contributed by atoms with van der Waals surface area (Å²) in [7, 11) is 9.89. The zero-order valence-corrected chi connectivity index (χ0v) is 30.0. The first-order valence-corrected chi connectivity index (χ1v) is 17.9. The number of esters is 1. The van der Waals surface area contributed by atoms with Crippen LogP contribution in [0.25, 0.3) is 0 Å². The average molecular weight is 676 g/mol. The summed E-state index contributed by atoms with van der Waals surface area (Å²) in [6.45, 7) is 8.71. The molecule has 1 aliphatic heterocycles. The third kappa shape index (κ3) is 11.0. The Morgan fingerprint density at radius 1 is 0.918 bits per heavy atom. The molecule has 2 atom stereocenters. The van der Waals surface area contributed by atoms with Crippen molar-refractivity contribution in [2.45, 2.75) is 103 Å². The summed E-state index contributed by atoms with van der Waals surface area (Å²) in [5, 5.41) is 0. The highest BCUT2D eigenvalue weighted by molar-refractivity contribution is 6.04. The molecule has 0 unspecified atom stereocenters. The molecule has 0 aromatic heterocycles. The number of methoxy groups -OCH3 is 2. The maximum absolute atomic E-state index is 13.9. The Balaban J connectivity index is 1.34. The van der Waals surface area contributed by atoms with Gasteiger partial charge in [-0.05, 0) is 94.3 Å². The molecule has 1 saturated heterocycles. The lowest BCUT2D eigenvalue weighted by Crippen LogP contribution is -2.55. The number of rotatable bonds is 19. The quantitative estimate of drug-likeness (QED) is 0.110. The van der Waals surface area contributed by atoms with Gasteiger partial charge in [0.2, 0.25) is 5.91 Å². The average Bonchev–Trinajstić information content (AvgIpc) is 3.93. The van der Waals surface area contributed by atoms with Crippen LogP contribution in [0.15, 0.2) is 42.5 Å². The minimum Gasteiger partial charge on any atom is -0.493 e. The molecule has 49 heavy (non-hydrogen) atoms. The van der Waals surface area contributed by atoms with Gasteiger partial charge in [0.1, 0.15) is 0 Å². The highest BCUT2D eigenvalue weighted by Crippen LogP contribution is 2.32. The molecule has 266 valence electrons. The molecule has 10 nitrogen and oxygen atoms in total. The monoisotopic (exact) mass is 675 g/mol. The summed E-state index contributed by atoms with van der Waals surface area (Å²) < 4.78 is 21.9. The second kappa shape index (κ2) is 19.0. The third-order valence-electron chi connectivity index (χ3n) is 9.33. The molecule has 2 amide bonds. The Bertz CT molecular complexity index is 1380. The van der Waals surface area contributed by atoms with Crippen LogP contribution >= 0.6 is 0 Å². The summed E-state index contributed by atoms with van der Waals surface area (Å²) in [5.74, 6) is 0.752. The summed E-state index contributed by atoms with van der Waals surface area (Å²) in [6.07, 6.45) is 7.15. The molecule has 0 spiro atoms. The van der Waals surface area contributed by atoms with Gasteiger partial charge in [-0.3, -0.25) is 9.59 Å². The summed E-state index contributed by atoms with van der Waals surface area (Å²) >= 11 is 0. The standard InChI is InChI=1S/C38H54BN3O7/c1-6-7-21-49-38(45)30-11-8-10-28(23-30)24-36(43)40(31-13-14-31)19-18-32-15-16-33(26-41(32)39)42(27(2)3)37(44)29-12-17-34(47-5)35(25-29)48-22-9-20-46-4/h8,10-12,17,23,25,27,31-33H,6-7,9,13-16,18-22,24,26H2,1-5H3/t32-,33-/m1/s1. The Kier molecular flexibility index (Phi) is 14.8. The van der Waals surface area contributed by atoms with Gasteiger partial charge in [0.05, 0.1) is 32.3 Å². The number of unbranched alkanes of at least 4 members (excludes halogenated alkanes) is 1. The molecule has 2 aromatic rings. The molecule has 2 fully saturated rings. The molecule has 4 rings (SSSR count). The van der Waals surface area contributed by atoms with Gasteiger partial charge in [-0.25, -0.2) is 4.79 Å². The van der Waals surface area contributed by atoms with Gasteiger partial charge in [0.15, 0.2) is 19.5 Å². The molecule has 11 heteroatoms. The Hall–Kier alpha value is -3.57. The normalized spacial score (nSPS) is 17.8. The van der Waals surface area contributed by atoms with Crippen LogP contribution in [0, 0.1) is 0 Å². The number of ether oxygens (including phenoxy) is 4. The lowest BCUT2D eigenvalue weighted by Gasteiger charge is -2.44. The number of hydrogen-bond donors (Lipinski definition) is 0. The smallest absolute Gasteiger partial charge is 0.338 e. The topological polar surface area (TPSA) is 97.9 Å². The highest BCUT2D eigenvalue weighted by Gasteiger charge is 2.36. The van der Waals surface area contributed by atoms with Crippen LogP contribution in [-0.4, -0.2) is 112 Å². The van der Waals surface area contributed by atoms with E-state index in [4.69, 9.17) is 26.9 Å². The van der Waals surface area contributed by atoms with E-state index in [-0.39, 0.29) is 48.4 Å². The van der Waals surface area contributed by atoms with E-state index >= 15 is 0 Å². The van der Waals surface area contributed by atoms with Gasteiger partial charge >= 0.3 is 5.97 Å². The number of nitrogens with zero attached hydrogens (tertiary/aromatic N) is 3. The fourth-order valence-electron chi connectivity index (χ4n) is 6.51. The molecule has 1 heterocycles. The van der Waals surface area contributed by atoms with E-state index in [1.807, 2.05) is 47.5 Å². The van der Waals surface area contributed by atoms with Crippen LogP contribution in [0.1, 0.15) is 98.4 Å². The summed E-state index contributed by atoms with van der Waals surface area (Å²) in [5.41, 5.74) is 1.82. The predicted molar refractivity (Wildman–Crippen MR) is 190 cm³/mol. The first-order valence-electron chi connectivity index (χ1n) is 17.9. The van der Waals surface area contributed by atoms with Gasteiger partial charge < -0.3 is 33.6 Å². The van der Waals surface area contributed by atoms with Crippen molar-refractivity contribution in [3.8, 4) is 11.5 Å². The highest BCUT2D eigenvalue weighted by atomic mass is 16.5. The number of carbonyl (C=O) groups is 3. The molecule has 2 aromatic carbocycles. The van der Waals surface area contributed by atoms with Crippen molar-refractivity contribution >= 4 is 25.8 Å². The van der Waals surface area contributed by atoms with E-state index in [0.717, 1.165) is 56.9 Å². The Morgan fingerprint density at radius 2 is 1.69 bits per heavy atom. The molecule has 1 aliphatic carbocycles. The minimum atomic E-state index is -0.352. The van der Waals surface area contributed by atoms with E-state index in [0.29, 0.717) is 55.5 Å². The Labute approximate surface area is 293 Å². The number of benzene rings is 2. The Morgan fingerprint density at radius 3 is 2.37 bits per heavy atom. The van der Waals surface area contributed by atoms with Crippen molar-refractivity contribution in [2.75, 3.05) is 47.1 Å². The minimum absolute atomic E-state index is 0.0321. The maximum atomic E-state index is 13.9. The van der Waals surface area contributed by atoms with Gasteiger partial charge in [0.25, 0.3) is 5.91 Å². The van der Waals surface area contributed by atoms with Crippen molar-refractivity contribution in [3.05, 3.63) is 59.2 Å². The van der Waals surface area contributed by atoms with Gasteiger partial charge in [-0.1, -0.05) is 25.5 Å². The fourth-order valence-corrected chi connectivity index (χ4v) is 6.51. The van der Waals surface area contributed by atoms with Crippen molar-refractivity contribution in [1.29, 1.82) is 0 Å². The van der Waals surface area contributed by atoms with Crippen LogP contribution in [-0.2, 0) is 20.7 Å². The van der Waals surface area contributed by atoms with E-state index in [2.05, 4.69) is 0 Å². The van der Waals surface area contributed by atoms with Crippen molar-refractivity contribution in [1.82, 2.24) is 14.6 Å². The summed E-state index contributed by atoms with van der Waals surface area (Å²) in [4.78, 5) is 45.7. The van der Waals surface area contributed by atoms with E-state index in [1.54, 1.807) is 44.6 Å². The van der Waals surface area contributed by atoms with Crippen LogP contribution in [0.4, 0.5) is 0 Å². The first kappa shape index (κ1) is 38.2. The third-order valence-corrected chi connectivity index (χ3v) is 9.33. The van der Waals surface area contributed by atoms with Gasteiger partial charge in [0, 0.05) is 56.9 Å². The maximum Gasteiger partial charge on any atom is 0.338 e. The largest absolute Gasteiger partial charge is 0.493 e. The van der Waals surface area contributed by atoms with E-state index in [1.165, 1.54) is 0 Å². The van der Waals surface area contributed by atoms with Crippen molar-refractivity contribution < 1.29 is 33.3 Å². The molecule has 2 radical (unpaired) electrons. The molecular formula is C38H54BN3O7. The lowest BCUT2D eigenvalue weighted by atomic mass is 9.91. The number of hydrogen-bond acceptors (Lipinski definition) is 8. The molecule has 2 aliphatic rings. The van der Waals surface area contributed by atoms with Crippen LogP contribution < -0.4 is 9.47 Å². The zero-order chi connectivity index (χ0) is 35.3. The summed E-state index contributed by atoms with van der Waals surface area (Å²) in [6, 6.07) is 12.8. The van der Waals surface area contributed by atoms with Crippen molar-refractivity contribution in [3.63, 3.8) is 0 Å². The van der Waals surface area contributed by atoms with E-state index < -0.39 is 0 Å². The predicted octanol–water partition coefficient (Wildman–Crippen LogP) is 5.46. The fraction of sp³-hybridized carbons (Fsp3) is 0.605. The van der Waals surface area contributed by atoms with E-state index in [9.17, 15) is 14.4 Å². The number of amides is 2. The molecule has 0 N–H and O–H groups in total.